The first-order valence-electron chi connectivity index (χ1n) is 7.67. The molecule has 0 spiro atoms. The number of hydrogen-bond acceptors (Lipinski definition) is 4. The van der Waals surface area contributed by atoms with Gasteiger partial charge in [-0.2, -0.15) is 0 Å². The van der Waals surface area contributed by atoms with Gasteiger partial charge in [0.25, 0.3) is 0 Å². The van der Waals surface area contributed by atoms with Crippen molar-refractivity contribution >= 4 is 16.4 Å². The first kappa shape index (κ1) is 27.8. The summed E-state index contributed by atoms with van der Waals surface area (Å²) in [6.07, 6.45) is 14.4. The van der Waals surface area contributed by atoms with E-state index in [-0.39, 0.29) is 51.4 Å². The van der Waals surface area contributed by atoms with Gasteiger partial charge in [-0.05, 0) is 6.42 Å². The monoisotopic (exact) mass is 364 g/mol. The fourth-order valence-corrected chi connectivity index (χ4v) is 1.94. The summed E-state index contributed by atoms with van der Waals surface area (Å²) in [4.78, 5) is 10.3. The van der Waals surface area contributed by atoms with Crippen molar-refractivity contribution < 1.29 is 78.8 Å². The second-order valence-electron chi connectivity index (χ2n) is 5.11. The van der Waals surface area contributed by atoms with Crippen LogP contribution in [0.25, 0.3) is 0 Å². The number of unbranched alkanes of at least 4 members (excludes halogenated alkanes) is 10. The molecule has 6 nitrogen and oxygen atoms in total. The van der Waals surface area contributed by atoms with Gasteiger partial charge >= 0.3 is 57.4 Å². The average Bonchev–Trinajstić information content (AvgIpc) is 2.33. The zero-order valence-corrected chi connectivity index (χ0v) is 17.9. The summed E-state index contributed by atoms with van der Waals surface area (Å²) in [5.74, 6) is -0.657. The second-order valence-corrected chi connectivity index (χ2v) is 5.96. The van der Waals surface area contributed by atoms with E-state index >= 15 is 0 Å². The van der Waals surface area contributed by atoms with Crippen LogP contribution in [0.2, 0.25) is 0 Å². The molecule has 0 aromatic carbocycles. The van der Waals surface area contributed by atoms with Crippen molar-refractivity contribution in [1.29, 1.82) is 0 Å². The molecule has 0 atom stereocenters. The van der Waals surface area contributed by atoms with Crippen LogP contribution < -0.4 is 51.4 Å². The van der Waals surface area contributed by atoms with Gasteiger partial charge in [0.05, 0.1) is 0 Å². The fraction of sp³-hybridized carbons (Fsp3) is 0.929. The molecule has 0 aliphatic carbocycles. The molecule has 0 aliphatic heterocycles. The fourth-order valence-electron chi connectivity index (χ4n) is 1.94. The van der Waals surface area contributed by atoms with Crippen LogP contribution in [0.15, 0.2) is 0 Å². The molecule has 0 heterocycles. The van der Waals surface area contributed by atoms with Crippen LogP contribution in [0, 0.1) is 0 Å². The molecule has 0 aromatic rings. The number of carbonyl (C=O) groups is 1. The Balaban J connectivity index is -0.000000520. The Hall–Kier alpha value is 0.976. The van der Waals surface area contributed by atoms with E-state index in [0.717, 1.165) is 12.8 Å². The predicted octanol–water partition coefficient (Wildman–Crippen LogP) is 0.781. The Morgan fingerprint density at radius 3 is 1.41 bits per heavy atom. The van der Waals surface area contributed by atoms with Crippen molar-refractivity contribution in [3.05, 3.63) is 0 Å². The van der Waals surface area contributed by atoms with Gasteiger partial charge in [-0.1, -0.05) is 71.1 Å². The summed E-state index contributed by atoms with van der Waals surface area (Å²) in [5.41, 5.74) is 0. The minimum absolute atomic E-state index is 0. The predicted molar refractivity (Wildman–Crippen MR) is 81.0 cm³/mol. The Morgan fingerprint density at radius 1 is 0.864 bits per heavy atom. The zero-order chi connectivity index (χ0) is 16.6. The average molecular weight is 365 g/mol. The van der Waals surface area contributed by atoms with Crippen molar-refractivity contribution in [3.8, 4) is 0 Å². The van der Waals surface area contributed by atoms with Crippen molar-refractivity contribution in [3.63, 3.8) is 0 Å². The van der Waals surface area contributed by atoms with Crippen molar-refractivity contribution in [2.24, 2.45) is 0 Å². The van der Waals surface area contributed by atoms with Gasteiger partial charge in [-0.25, -0.2) is 8.42 Å². The quantitative estimate of drug-likeness (QED) is 0.229. The smallest absolute Gasteiger partial charge is 0.726 e. The summed E-state index contributed by atoms with van der Waals surface area (Å²) in [6.45, 7) is 2.25. The Labute approximate surface area is 177 Å². The summed E-state index contributed by atoms with van der Waals surface area (Å²) < 4.78 is 32.8. The van der Waals surface area contributed by atoms with Crippen LogP contribution >= 0.6 is 0 Å². The SMILES string of the molecule is CCCCCCCCCCCCCC(=O)O.O=S(=O)([O-])O.[K+]. The van der Waals surface area contributed by atoms with E-state index in [1.54, 1.807) is 0 Å². The molecule has 0 amide bonds. The molecule has 0 saturated carbocycles. The maximum atomic E-state index is 10.3. The second kappa shape index (κ2) is 20.0. The number of carboxylic acid groups (broad SMARTS) is 1. The molecule has 0 fully saturated rings. The van der Waals surface area contributed by atoms with E-state index in [4.69, 9.17) is 22.6 Å². The zero-order valence-electron chi connectivity index (χ0n) is 13.9. The van der Waals surface area contributed by atoms with E-state index in [2.05, 4.69) is 6.92 Å². The number of hydrogen-bond donors (Lipinski definition) is 2. The van der Waals surface area contributed by atoms with Gasteiger partial charge in [0.15, 0.2) is 0 Å². The van der Waals surface area contributed by atoms with Crippen molar-refractivity contribution in [2.75, 3.05) is 0 Å². The Morgan fingerprint density at radius 2 is 1.14 bits per heavy atom. The standard InChI is InChI=1S/C14H28O2.K.H2O4S/c1-2-3-4-5-6-7-8-9-10-11-12-13-14(15)16;;1-5(2,3)4/h2-13H2,1H3,(H,15,16);;(H2,1,2,3,4)/q;+1;/p-1. The van der Waals surface area contributed by atoms with Gasteiger partial charge in [0, 0.05) is 6.42 Å². The molecule has 0 bridgehead atoms. The van der Waals surface area contributed by atoms with Crippen LogP contribution in [-0.4, -0.2) is 28.6 Å². The molecule has 8 heteroatoms. The largest absolute Gasteiger partial charge is 1.00 e. The van der Waals surface area contributed by atoms with E-state index in [1.165, 1.54) is 57.8 Å². The van der Waals surface area contributed by atoms with Gasteiger partial charge in [0.1, 0.15) is 0 Å². The normalized spacial score (nSPS) is 10.3. The third-order valence-electron chi connectivity index (χ3n) is 2.99. The minimum atomic E-state index is -4.92. The van der Waals surface area contributed by atoms with E-state index < -0.39 is 16.4 Å². The van der Waals surface area contributed by atoms with Crippen LogP contribution in [-0.2, 0) is 15.2 Å². The van der Waals surface area contributed by atoms with Crippen LogP contribution in [0.1, 0.15) is 84.0 Å². The third-order valence-corrected chi connectivity index (χ3v) is 2.99. The number of carboxylic acids is 1. The Kier molecular flexibility index (Phi) is 25.3. The molecule has 0 radical (unpaired) electrons. The molecule has 0 saturated heterocycles. The molecule has 0 aliphatic rings. The molecular weight excluding hydrogens is 335 g/mol. The maximum absolute atomic E-state index is 10.3. The minimum Gasteiger partial charge on any atom is -0.726 e. The molecule has 0 unspecified atom stereocenters. The van der Waals surface area contributed by atoms with Crippen LogP contribution in [0.3, 0.4) is 0 Å². The summed E-state index contributed by atoms with van der Waals surface area (Å²) in [5, 5.41) is 8.46. The Bertz CT molecular complexity index is 324. The van der Waals surface area contributed by atoms with E-state index in [9.17, 15) is 4.79 Å². The molecule has 2 N–H and O–H groups in total. The summed E-state index contributed by atoms with van der Waals surface area (Å²) in [6, 6.07) is 0. The van der Waals surface area contributed by atoms with E-state index in [0.29, 0.717) is 6.42 Å². The van der Waals surface area contributed by atoms with Gasteiger partial charge in [-0.3, -0.25) is 9.35 Å². The molecular formula is C14H29KO6S. The molecule has 22 heavy (non-hydrogen) atoms. The van der Waals surface area contributed by atoms with Crippen molar-refractivity contribution in [1.82, 2.24) is 0 Å². The topological polar surface area (TPSA) is 115 Å². The molecule has 0 rings (SSSR count). The van der Waals surface area contributed by atoms with Crippen LogP contribution in [0.5, 0.6) is 0 Å². The molecule has 128 valence electrons. The summed E-state index contributed by atoms with van der Waals surface area (Å²) in [7, 11) is -4.92. The number of rotatable bonds is 12. The van der Waals surface area contributed by atoms with E-state index in [1.807, 2.05) is 0 Å². The first-order valence-corrected chi connectivity index (χ1v) is 9.04. The molecule has 0 aromatic heterocycles. The maximum Gasteiger partial charge on any atom is 1.00 e. The third kappa shape index (κ3) is 42.9. The first-order chi connectivity index (χ1) is 9.77. The van der Waals surface area contributed by atoms with Gasteiger partial charge in [0.2, 0.25) is 10.4 Å². The number of aliphatic carboxylic acids is 1. The van der Waals surface area contributed by atoms with Crippen molar-refractivity contribution in [2.45, 2.75) is 84.0 Å². The van der Waals surface area contributed by atoms with Crippen LogP contribution in [0.4, 0.5) is 0 Å². The van der Waals surface area contributed by atoms with Gasteiger partial charge in [-0.15, -0.1) is 0 Å². The van der Waals surface area contributed by atoms with Gasteiger partial charge < -0.3 is 9.66 Å². The summed E-state index contributed by atoms with van der Waals surface area (Å²) >= 11 is 0.